The second-order valence-corrected chi connectivity index (χ2v) is 5.39. The van der Waals surface area contributed by atoms with Crippen LogP contribution in [0.5, 0.6) is 0 Å². The normalized spacial score (nSPS) is 18.9. The first kappa shape index (κ1) is 14.8. The molecule has 1 aliphatic carbocycles. The molecule has 0 atom stereocenters. The maximum atomic E-state index is 13.4. The molecule has 112 valence electrons. The Kier molecular flexibility index (Phi) is 3.30. The van der Waals surface area contributed by atoms with Gasteiger partial charge in [-0.1, -0.05) is 0 Å². The van der Waals surface area contributed by atoms with Gasteiger partial charge in [0, 0.05) is 31.9 Å². The molecule has 2 rings (SSSR count). The van der Waals surface area contributed by atoms with Gasteiger partial charge in [-0.05, 0) is 12.8 Å². The molecule has 0 saturated heterocycles. The summed E-state index contributed by atoms with van der Waals surface area (Å²) in [5.74, 6) is -7.21. The molecule has 20 heavy (non-hydrogen) atoms. The van der Waals surface area contributed by atoms with Gasteiger partial charge in [-0.25, -0.2) is 8.78 Å². The molecule has 0 unspecified atom stereocenters. The van der Waals surface area contributed by atoms with Gasteiger partial charge in [0.25, 0.3) is 11.8 Å². The van der Waals surface area contributed by atoms with E-state index in [9.17, 15) is 22.4 Å². The average Bonchev–Trinajstić information content (AvgIpc) is 2.52. The fourth-order valence-corrected chi connectivity index (χ4v) is 2.57. The zero-order valence-corrected chi connectivity index (χ0v) is 11.1. The molecule has 0 aromatic carbocycles. The molecule has 0 aliphatic heterocycles. The summed E-state index contributed by atoms with van der Waals surface area (Å²) >= 11 is 0. The Labute approximate surface area is 112 Å². The lowest BCUT2D eigenvalue weighted by molar-refractivity contribution is -0.114. The van der Waals surface area contributed by atoms with E-state index in [1.807, 2.05) is 0 Å². The smallest absolute Gasteiger partial charge is 0.289 e. The molecule has 1 aromatic rings. The molecule has 1 saturated carbocycles. The van der Waals surface area contributed by atoms with Gasteiger partial charge >= 0.3 is 0 Å². The van der Waals surface area contributed by atoms with Gasteiger partial charge in [-0.3, -0.25) is 9.48 Å². The monoisotopic (exact) mass is 293 g/mol. The predicted octanol–water partition coefficient (Wildman–Crippen LogP) is 2.45. The Morgan fingerprint density at radius 2 is 2.05 bits per heavy atom. The maximum absolute atomic E-state index is 13.4. The summed E-state index contributed by atoms with van der Waals surface area (Å²) in [6, 6.07) is 0. The van der Waals surface area contributed by atoms with Crippen LogP contribution in [0.1, 0.15) is 41.5 Å². The van der Waals surface area contributed by atoms with Crippen molar-refractivity contribution in [3.63, 3.8) is 0 Å². The van der Waals surface area contributed by atoms with E-state index in [1.165, 1.54) is 6.92 Å². The number of primary amides is 1. The van der Waals surface area contributed by atoms with E-state index in [4.69, 9.17) is 5.73 Å². The fraction of sp³-hybridized carbons (Fsp3) is 0.667. The third-order valence-electron chi connectivity index (χ3n) is 3.44. The van der Waals surface area contributed by atoms with Gasteiger partial charge in [0.1, 0.15) is 11.4 Å². The SMILES string of the molecule is Cc1c(C(C)(F)F)nn(CC2CC(F)(F)C2)c1C(N)=O. The van der Waals surface area contributed by atoms with Gasteiger partial charge in [0.2, 0.25) is 5.92 Å². The van der Waals surface area contributed by atoms with E-state index in [0.717, 1.165) is 4.68 Å². The van der Waals surface area contributed by atoms with Gasteiger partial charge in [-0.15, -0.1) is 0 Å². The van der Waals surface area contributed by atoms with Crippen LogP contribution >= 0.6 is 0 Å². The van der Waals surface area contributed by atoms with Crippen molar-refractivity contribution in [1.82, 2.24) is 9.78 Å². The Balaban J connectivity index is 2.30. The minimum Gasteiger partial charge on any atom is -0.364 e. The van der Waals surface area contributed by atoms with Crippen LogP contribution in [0, 0.1) is 12.8 Å². The quantitative estimate of drug-likeness (QED) is 0.867. The van der Waals surface area contributed by atoms with Crippen LogP contribution < -0.4 is 5.73 Å². The highest BCUT2D eigenvalue weighted by molar-refractivity contribution is 5.92. The average molecular weight is 293 g/mol. The Hall–Kier alpha value is -1.60. The Morgan fingerprint density at radius 1 is 1.50 bits per heavy atom. The number of nitrogens with two attached hydrogens (primary N) is 1. The number of halogens is 4. The highest BCUT2D eigenvalue weighted by atomic mass is 19.3. The summed E-state index contributed by atoms with van der Waals surface area (Å²) in [5, 5.41) is 3.69. The topological polar surface area (TPSA) is 60.9 Å². The number of rotatable bonds is 4. The van der Waals surface area contributed by atoms with Crippen molar-refractivity contribution >= 4 is 5.91 Å². The third-order valence-corrected chi connectivity index (χ3v) is 3.44. The predicted molar refractivity (Wildman–Crippen MR) is 62.7 cm³/mol. The largest absolute Gasteiger partial charge is 0.364 e. The van der Waals surface area contributed by atoms with E-state index in [2.05, 4.69) is 5.10 Å². The minimum atomic E-state index is -3.22. The van der Waals surface area contributed by atoms with Crippen molar-refractivity contribution in [1.29, 1.82) is 0 Å². The lowest BCUT2D eigenvalue weighted by Gasteiger charge is -2.34. The number of hydrogen-bond acceptors (Lipinski definition) is 2. The summed E-state index contributed by atoms with van der Waals surface area (Å²) in [7, 11) is 0. The number of carbonyl (C=O) groups excluding carboxylic acids is 1. The molecular weight excluding hydrogens is 278 g/mol. The number of hydrogen-bond donors (Lipinski definition) is 1. The van der Waals surface area contributed by atoms with Crippen LogP contribution in [-0.2, 0) is 12.5 Å². The highest BCUT2D eigenvalue weighted by Gasteiger charge is 2.46. The van der Waals surface area contributed by atoms with Crippen molar-refractivity contribution in [2.45, 2.75) is 45.1 Å². The van der Waals surface area contributed by atoms with Crippen LogP contribution in [0.25, 0.3) is 0 Å². The second-order valence-electron chi connectivity index (χ2n) is 5.39. The Bertz CT molecular complexity index is 540. The first-order valence-electron chi connectivity index (χ1n) is 6.14. The number of aromatic nitrogens is 2. The van der Waals surface area contributed by atoms with E-state index in [-0.39, 0.29) is 36.6 Å². The van der Waals surface area contributed by atoms with E-state index >= 15 is 0 Å². The van der Waals surface area contributed by atoms with Gasteiger partial charge < -0.3 is 5.73 Å². The van der Waals surface area contributed by atoms with E-state index in [0.29, 0.717) is 6.92 Å². The number of carbonyl (C=O) groups is 1. The molecule has 0 radical (unpaired) electrons. The lowest BCUT2D eigenvalue weighted by atomic mass is 9.81. The highest BCUT2D eigenvalue weighted by Crippen LogP contribution is 2.43. The molecule has 0 spiro atoms. The van der Waals surface area contributed by atoms with Gasteiger partial charge in [-0.2, -0.15) is 13.9 Å². The van der Waals surface area contributed by atoms with Crippen LogP contribution in [0.4, 0.5) is 17.6 Å². The molecule has 8 heteroatoms. The number of nitrogens with zero attached hydrogens (tertiary/aromatic N) is 2. The molecular formula is C12H15F4N3O. The van der Waals surface area contributed by atoms with Crippen LogP contribution in [0.3, 0.4) is 0 Å². The van der Waals surface area contributed by atoms with Crippen molar-refractivity contribution in [2.75, 3.05) is 0 Å². The molecule has 1 aliphatic rings. The molecule has 1 aromatic heterocycles. The molecule has 1 heterocycles. The van der Waals surface area contributed by atoms with Crippen molar-refractivity contribution in [3.8, 4) is 0 Å². The summed E-state index contributed by atoms with van der Waals surface area (Å²) < 4.78 is 53.4. The summed E-state index contributed by atoms with van der Waals surface area (Å²) in [6.45, 7) is 1.98. The Morgan fingerprint density at radius 3 is 2.45 bits per heavy atom. The van der Waals surface area contributed by atoms with Crippen molar-refractivity contribution in [2.24, 2.45) is 11.7 Å². The zero-order valence-electron chi connectivity index (χ0n) is 11.1. The molecule has 1 amide bonds. The molecule has 2 N–H and O–H groups in total. The maximum Gasteiger partial charge on any atom is 0.289 e. The number of amides is 1. The van der Waals surface area contributed by atoms with Crippen molar-refractivity contribution < 1.29 is 22.4 Å². The first-order chi connectivity index (χ1) is 9.01. The van der Waals surface area contributed by atoms with E-state index in [1.54, 1.807) is 0 Å². The second kappa shape index (κ2) is 4.46. The van der Waals surface area contributed by atoms with Crippen molar-refractivity contribution in [3.05, 3.63) is 17.0 Å². The minimum absolute atomic E-state index is 0.00363. The van der Waals surface area contributed by atoms with Crippen LogP contribution in [0.15, 0.2) is 0 Å². The lowest BCUT2D eigenvalue weighted by Crippen LogP contribution is -2.38. The molecule has 0 bridgehead atoms. The third kappa shape index (κ3) is 2.64. The molecule has 1 fully saturated rings. The number of alkyl halides is 4. The standard InChI is InChI=1S/C12H15F4N3O/c1-6-8(10(17)20)19(18-9(6)11(2,13)14)5-7-3-12(15,16)4-7/h7H,3-5H2,1-2H3,(H2,17,20). The summed E-state index contributed by atoms with van der Waals surface area (Å²) in [6.07, 6.45) is -0.663. The summed E-state index contributed by atoms with van der Waals surface area (Å²) in [5.41, 5.74) is 4.48. The van der Waals surface area contributed by atoms with Gasteiger partial charge in [0.05, 0.1) is 0 Å². The van der Waals surface area contributed by atoms with Crippen LogP contribution in [-0.4, -0.2) is 21.6 Å². The van der Waals surface area contributed by atoms with Gasteiger partial charge in [0.15, 0.2) is 0 Å². The molecule has 4 nitrogen and oxygen atoms in total. The van der Waals surface area contributed by atoms with Crippen LogP contribution in [0.2, 0.25) is 0 Å². The van der Waals surface area contributed by atoms with E-state index < -0.39 is 23.4 Å². The fourth-order valence-electron chi connectivity index (χ4n) is 2.57. The summed E-state index contributed by atoms with van der Waals surface area (Å²) in [4.78, 5) is 11.4. The zero-order chi connectivity index (χ0) is 15.3. The first-order valence-corrected chi connectivity index (χ1v) is 6.14.